The number of aliphatic hydroxyl groups excluding tert-OH is 1. The van der Waals surface area contributed by atoms with Gasteiger partial charge in [-0.05, 0) is 83.2 Å². The van der Waals surface area contributed by atoms with E-state index in [1.807, 2.05) is 39.0 Å². The molecule has 3 heterocycles. The van der Waals surface area contributed by atoms with Crippen molar-refractivity contribution in [3.8, 4) is 28.4 Å². The van der Waals surface area contributed by atoms with Gasteiger partial charge in [-0.1, -0.05) is 11.2 Å². The minimum atomic E-state index is -0.586. The van der Waals surface area contributed by atoms with Gasteiger partial charge in [0.05, 0.1) is 17.0 Å². The Morgan fingerprint density at radius 1 is 1.14 bits per heavy atom. The average Bonchev–Trinajstić information content (AvgIpc) is 3.18. The van der Waals surface area contributed by atoms with Gasteiger partial charge in [-0.2, -0.15) is 0 Å². The van der Waals surface area contributed by atoms with Gasteiger partial charge in [0.2, 0.25) is 0 Å². The van der Waals surface area contributed by atoms with Crippen molar-refractivity contribution >= 4 is 0 Å². The fraction of sp³-hybridized carbons (Fsp3) is 0.519. The number of likely N-dealkylation sites (N-methyl/N-ethyl adjacent to an activating group) is 1. The number of aliphatic hydroxyl groups is 1. The molecule has 1 atom stereocenters. The zero-order chi connectivity index (χ0) is 24.9. The Kier molecular flexibility index (Phi) is 8.15. The number of aromatic nitrogens is 3. The van der Waals surface area contributed by atoms with Gasteiger partial charge in [0.1, 0.15) is 24.2 Å². The molecule has 1 aliphatic heterocycles. The van der Waals surface area contributed by atoms with Crippen LogP contribution in [-0.4, -0.2) is 59.7 Å². The van der Waals surface area contributed by atoms with Gasteiger partial charge in [0.15, 0.2) is 5.82 Å². The molecule has 0 amide bonds. The molecule has 0 radical (unpaired) electrons. The third kappa shape index (κ3) is 5.89. The third-order valence-corrected chi connectivity index (χ3v) is 6.67. The topological polar surface area (TPSA) is 103 Å². The van der Waals surface area contributed by atoms with Crippen LogP contribution in [0.5, 0.6) is 5.75 Å². The number of ether oxygens (including phenoxy) is 2. The molecule has 1 aromatic carbocycles. The number of benzene rings is 1. The van der Waals surface area contributed by atoms with Crippen LogP contribution in [-0.2, 0) is 11.2 Å². The summed E-state index contributed by atoms with van der Waals surface area (Å²) in [6, 6.07) is 5.88. The van der Waals surface area contributed by atoms with Gasteiger partial charge in [0.25, 0.3) is 0 Å². The van der Waals surface area contributed by atoms with E-state index in [-0.39, 0.29) is 6.61 Å². The Hall–Kier alpha value is -2.81. The monoisotopic (exact) mass is 480 g/mol. The highest BCUT2D eigenvalue weighted by Crippen LogP contribution is 2.34. The molecule has 0 saturated carbocycles. The SMILES string of the molecule is CNCC(O)COc1ccc(C)c(-c2nc(CC3CCOCC3)c(C)c(-c3c(C)noc3C)n2)c1. The van der Waals surface area contributed by atoms with Crippen LogP contribution in [0, 0.1) is 33.6 Å². The number of nitrogens with zero attached hydrogens (tertiary/aromatic N) is 3. The van der Waals surface area contributed by atoms with Crippen LogP contribution in [0.1, 0.15) is 41.1 Å². The molecular formula is C27H36N4O4. The van der Waals surface area contributed by atoms with E-state index in [9.17, 15) is 5.11 Å². The highest BCUT2D eigenvalue weighted by atomic mass is 16.5. The van der Waals surface area contributed by atoms with Gasteiger partial charge in [-0.3, -0.25) is 0 Å². The molecule has 1 fully saturated rings. The van der Waals surface area contributed by atoms with Crippen molar-refractivity contribution < 1.29 is 19.1 Å². The minimum Gasteiger partial charge on any atom is -0.491 e. The molecule has 0 aliphatic carbocycles. The molecule has 2 N–H and O–H groups in total. The summed E-state index contributed by atoms with van der Waals surface area (Å²) >= 11 is 0. The quantitative estimate of drug-likeness (QED) is 0.474. The lowest BCUT2D eigenvalue weighted by Gasteiger charge is -2.23. The van der Waals surface area contributed by atoms with Crippen molar-refractivity contribution in [1.29, 1.82) is 0 Å². The van der Waals surface area contributed by atoms with Crippen LogP contribution in [0.25, 0.3) is 22.6 Å². The van der Waals surface area contributed by atoms with E-state index in [0.717, 1.165) is 77.6 Å². The molecule has 1 unspecified atom stereocenters. The van der Waals surface area contributed by atoms with Crippen LogP contribution in [0.2, 0.25) is 0 Å². The Bertz CT molecular complexity index is 1130. The van der Waals surface area contributed by atoms with E-state index in [2.05, 4.69) is 17.4 Å². The molecule has 0 bridgehead atoms. The molecule has 35 heavy (non-hydrogen) atoms. The molecule has 3 aromatic rings. The summed E-state index contributed by atoms with van der Waals surface area (Å²) in [7, 11) is 1.80. The fourth-order valence-corrected chi connectivity index (χ4v) is 4.59. The number of rotatable bonds is 9. The fourth-order valence-electron chi connectivity index (χ4n) is 4.59. The lowest BCUT2D eigenvalue weighted by molar-refractivity contribution is 0.0662. The Morgan fingerprint density at radius 2 is 1.91 bits per heavy atom. The van der Waals surface area contributed by atoms with Gasteiger partial charge in [-0.25, -0.2) is 9.97 Å². The van der Waals surface area contributed by atoms with Gasteiger partial charge < -0.3 is 24.4 Å². The molecule has 1 aliphatic rings. The molecule has 4 rings (SSSR count). The van der Waals surface area contributed by atoms with Gasteiger partial charge in [0, 0.05) is 31.0 Å². The molecular weight excluding hydrogens is 444 g/mol. The summed E-state index contributed by atoms with van der Waals surface area (Å²) in [6.07, 6.45) is 2.37. The molecule has 188 valence electrons. The first-order valence-corrected chi connectivity index (χ1v) is 12.3. The molecule has 8 heteroatoms. The zero-order valence-electron chi connectivity index (χ0n) is 21.4. The summed E-state index contributed by atoms with van der Waals surface area (Å²) in [4.78, 5) is 10.1. The zero-order valence-corrected chi connectivity index (χ0v) is 21.4. The van der Waals surface area contributed by atoms with Crippen molar-refractivity contribution in [2.45, 2.75) is 53.1 Å². The smallest absolute Gasteiger partial charge is 0.160 e. The number of hydrogen-bond donors (Lipinski definition) is 2. The first-order chi connectivity index (χ1) is 16.9. The Balaban J connectivity index is 1.76. The summed E-state index contributed by atoms with van der Waals surface area (Å²) < 4.78 is 16.9. The van der Waals surface area contributed by atoms with Crippen LogP contribution in [0.15, 0.2) is 22.7 Å². The predicted molar refractivity (Wildman–Crippen MR) is 135 cm³/mol. The highest BCUT2D eigenvalue weighted by molar-refractivity contribution is 5.72. The summed E-state index contributed by atoms with van der Waals surface area (Å²) in [5.41, 5.74) is 6.69. The minimum absolute atomic E-state index is 0.206. The van der Waals surface area contributed by atoms with Crippen molar-refractivity contribution in [3.63, 3.8) is 0 Å². The normalized spacial score (nSPS) is 15.4. The Labute approximate surface area is 207 Å². The number of hydrogen-bond acceptors (Lipinski definition) is 8. The van der Waals surface area contributed by atoms with E-state index < -0.39 is 6.10 Å². The van der Waals surface area contributed by atoms with Gasteiger partial charge >= 0.3 is 0 Å². The second-order valence-electron chi connectivity index (χ2n) is 9.43. The lowest BCUT2D eigenvalue weighted by Crippen LogP contribution is -2.29. The highest BCUT2D eigenvalue weighted by Gasteiger charge is 2.23. The van der Waals surface area contributed by atoms with Crippen LogP contribution in [0.3, 0.4) is 0 Å². The lowest BCUT2D eigenvalue weighted by atomic mass is 9.91. The summed E-state index contributed by atoms with van der Waals surface area (Å²) in [5, 5.41) is 17.2. The van der Waals surface area contributed by atoms with Crippen LogP contribution >= 0.6 is 0 Å². The molecule has 8 nitrogen and oxygen atoms in total. The van der Waals surface area contributed by atoms with Crippen molar-refractivity contribution in [2.24, 2.45) is 5.92 Å². The maximum atomic E-state index is 10.0. The van der Waals surface area contributed by atoms with E-state index in [1.165, 1.54) is 0 Å². The maximum Gasteiger partial charge on any atom is 0.160 e. The number of aryl methyl sites for hydroxylation is 3. The van der Waals surface area contributed by atoms with Crippen molar-refractivity contribution in [1.82, 2.24) is 20.4 Å². The summed E-state index contributed by atoms with van der Waals surface area (Å²) in [5.74, 6) is 2.62. The molecule has 2 aromatic heterocycles. The largest absolute Gasteiger partial charge is 0.491 e. The first kappa shape index (κ1) is 25.3. The van der Waals surface area contributed by atoms with Crippen molar-refractivity contribution in [3.05, 3.63) is 46.5 Å². The Morgan fingerprint density at radius 3 is 2.60 bits per heavy atom. The van der Waals surface area contributed by atoms with Gasteiger partial charge in [-0.15, -0.1) is 0 Å². The predicted octanol–water partition coefficient (Wildman–Crippen LogP) is 3.96. The van der Waals surface area contributed by atoms with E-state index in [0.29, 0.717) is 24.0 Å². The summed E-state index contributed by atoms with van der Waals surface area (Å²) in [6.45, 7) is 10.3. The van der Waals surface area contributed by atoms with Crippen LogP contribution < -0.4 is 10.1 Å². The number of nitrogens with one attached hydrogen (secondary N) is 1. The maximum absolute atomic E-state index is 10.0. The van der Waals surface area contributed by atoms with Crippen LogP contribution in [0.4, 0.5) is 0 Å². The third-order valence-electron chi connectivity index (χ3n) is 6.67. The standard InChI is InChI=1S/C27H36N4O4/c1-16-6-7-22(34-15-21(32)14-28-5)13-23(16)27-29-24(12-20-8-10-33-11-9-20)17(2)26(30-27)25-18(3)31-35-19(25)4/h6-7,13,20-21,28,32H,8-12,14-15H2,1-5H3. The first-order valence-electron chi connectivity index (χ1n) is 12.3. The van der Waals surface area contributed by atoms with E-state index in [4.69, 9.17) is 24.0 Å². The molecule has 0 spiro atoms. The molecule has 1 saturated heterocycles. The van der Waals surface area contributed by atoms with E-state index in [1.54, 1.807) is 7.05 Å². The van der Waals surface area contributed by atoms with E-state index >= 15 is 0 Å². The second-order valence-corrected chi connectivity index (χ2v) is 9.43. The van der Waals surface area contributed by atoms with Crippen molar-refractivity contribution in [2.75, 3.05) is 33.4 Å². The average molecular weight is 481 g/mol. The second kappa shape index (κ2) is 11.3.